The number of carbonyl (C=O) groups is 1. The quantitative estimate of drug-likeness (QED) is 0.193. The van der Waals surface area contributed by atoms with E-state index in [0.29, 0.717) is 29.0 Å². The minimum atomic E-state index is -0.908. The second-order valence-corrected chi connectivity index (χ2v) is 11.0. The van der Waals surface area contributed by atoms with Crippen molar-refractivity contribution in [2.24, 2.45) is 0 Å². The Morgan fingerprint density at radius 1 is 0.978 bits per heavy atom. The van der Waals surface area contributed by atoms with Crippen molar-refractivity contribution in [3.63, 3.8) is 0 Å². The van der Waals surface area contributed by atoms with Crippen LogP contribution in [0.1, 0.15) is 48.4 Å². The maximum atomic E-state index is 11.7. The minimum Gasteiger partial charge on any atom is -0.505 e. The first kappa shape index (κ1) is 29.5. The third-order valence-corrected chi connectivity index (χ3v) is 8.05. The number of carboxylic acids is 1. The first-order chi connectivity index (χ1) is 21.9. The molecule has 0 bridgehead atoms. The van der Waals surface area contributed by atoms with E-state index < -0.39 is 5.97 Å². The van der Waals surface area contributed by atoms with Crippen LogP contribution in [0, 0.1) is 6.92 Å². The maximum Gasteiger partial charge on any atom is 0.303 e. The van der Waals surface area contributed by atoms with Gasteiger partial charge in [0.2, 0.25) is 5.82 Å². The lowest BCUT2D eigenvalue weighted by Gasteiger charge is -2.14. The van der Waals surface area contributed by atoms with E-state index in [1.54, 1.807) is 0 Å². The number of rotatable bonds is 10. The van der Waals surface area contributed by atoms with E-state index in [0.717, 1.165) is 56.9 Å². The van der Waals surface area contributed by atoms with Gasteiger partial charge in [-0.2, -0.15) is 5.21 Å². The van der Waals surface area contributed by atoms with Crippen molar-refractivity contribution in [1.29, 1.82) is 0 Å². The number of benzene rings is 4. The van der Waals surface area contributed by atoms with Crippen molar-refractivity contribution in [1.82, 2.24) is 30.2 Å². The third kappa shape index (κ3) is 6.10. The molecule has 0 fully saturated rings. The van der Waals surface area contributed by atoms with E-state index >= 15 is 0 Å². The maximum absolute atomic E-state index is 11.7. The van der Waals surface area contributed by atoms with Gasteiger partial charge in [0.05, 0.1) is 0 Å². The molecule has 3 N–H and O–H groups in total. The molecule has 2 heterocycles. The molecule has 6 rings (SSSR count). The Labute approximate surface area is 260 Å². The Bertz CT molecular complexity index is 2080. The van der Waals surface area contributed by atoms with Gasteiger partial charge in [-0.3, -0.25) is 4.79 Å². The second kappa shape index (κ2) is 13.0. The SMILES string of the molecule is CCCC=c1nc2c(=Cc3ccccc3)c(C)c(CCC(=O)O)c(O)c2n1Cc1ccc(-c2ccccc2-c2nn[nH]n2)cc1. The third-order valence-electron chi connectivity index (χ3n) is 8.05. The monoisotopic (exact) mass is 598 g/mol. The molecule has 2 aromatic heterocycles. The number of aromatic hydroxyl groups is 1. The van der Waals surface area contributed by atoms with Crippen molar-refractivity contribution in [3.05, 3.63) is 112 Å². The number of hydrogen-bond donors (Lipinski definition) is 3. The molecule has 45 heavy (non-hydrogen) atoms. The van der Waals surface area contributed by atoms with Crippen LogP contribution in [0.4, 0.5) is 0 Å². The first-order valence-electron chi connectivity index (χ1n) is 15.1. The summed E-state index contributed by atoms with van der Waals surface area (Å²) in [4.78, 5) is 16.6. The van der Waals surface area contributed by atoms with Gasteiger partial charge in [0.1, 0.15) is 22.3 Å². The lowest BCUT2D eigenvalue weighted by molar-refractivity contribution is -0.136. The molecule has 226 valence electrons. The second-order valence-electron chi connectivity index (χ2n) is 11.0. The normalized spacial score (nSPS) is 12.3. The average molecular weight is 599 g/mol. The molecule has 9 heteroatoms. The number of imidazole rings is 1. The Morgan fingerprint density at radius 3 is 2.40 bits per heavy atom. The van der Waals surface area contributed by atoms with Gasteiger partial charge in [-0.1, -0.05) is 92.2 Å². The molecule has 6 aromatic rings. The molecule has 0 unspecified atom stereocenters. The molecule has 4 aromatic carbocycles. The molecule has 0 spiro atoms. The number of nitrogens with zero attached hydrogens (tertiary/aromatic N) is 5. The fraction of sp³-hybridized carbons (Fsp3) is 0.194. The summed E-state index contributed by atoms with van der Waals surface area (Å²) >= 11 is 0. The number of aliphatic carboxylic acids is 1. The number of fused-ring (bicyclic) bond motifs is 1. The van der Waals surface area contributed by atoms with Crippen LogP contribution in [0.3, 0.4) is 0 Å². The van der Waals surface area contributed by atoms with Crippen LogP contribution in [0.2, 0.25) is 0 Å². The summed E-state index contributed by atoms with van der Waals surface area (Å²) in [5, 5.41) is 36.7. The Kier molecular flexibility index (Phi) is 8.50. The predicted octanol–water partition coefficient (Wildman–Crippen LogP) is 5.37. The molecule has 0 amide bonds. The fourth-order valence-corrected chi connectivity index (χ4v) is 5.76. The van der Waals surface area contributed by atoms with Gasteiger partial charge in [0.15, 0.2) is 0 Å². The molecular weight excluding hydrogens is 564 g/mol. The van der Waals surface area contributed by atoms with Gasteiger partial charge in [-0.15, -0.1) is 10.2 Å². The van der Waals surface area contributed by atoms with Crippen LogP contribution in [0.5, 0.6) is 5.75 Å². The van der Waals surface area contributed by atoms with Crippen molar-refractivity contribution >= 4 is 29.2 Å². The minimum absolute atomic E-state index is 0.0829. The lowest BCUT2D eigenvalue weighted by atomic mass is 9.97. The molecule has 0 atom stereocenters. The summed E-state index contributed by atoms with van der Waals surface area (Å²) in [6, 6.07) is 26.2. The highest BCUT2D eigenvalue weighted by atomic mass is 16.4. The van der Waals surface area contributed by atoms with E-state index in [-0.39, 0.29) is 18.6 Å². The van der Waals surface area contributed by atoms with Crippen molar-refractivity contribution in [3.8, 4) is 28.3 Å². The highest BCUT2D eigenvalue weighted by Gasteiger charge is 2.20. The first-order valence-corrected chi connectivity index (χ1v) is 15.1. The summed E-state index contributed by atoms with van der Waals surface area (Å²) in [5.41, 5.74) is 8.46. The number of hydrogen-bond acceptors (Lipinski definition) is 6. The number of carboxylic acid groups (broad SMARTS) is 1. The lowest BCUT2D eigenvalue weighted by Crippen LogP contribution is -2.19. The van der Waals surface area contributed by atoms with Crippen molar-refractivity contribution in [2.75, 3.05) is 0 Å². The zero-order valence-corrected chi connectivity index (χ0v) is 25.2. The molecule has 0 aliphatic rings. The highest BCUT2D eigenvalue weighted by molar-refractivity contribution is 5.87. The Balaban J connectivity index is 1.50. The van der Waals surface area contributed by atoms with Gasteiger partial charge in [-0.05, 0) is 64.9 Å². The number of nitrogens with one attached hydrogen (secondary N) is 1. The number of aromatic nitrogens is 6. The molecule has 0 aliphatic carbocycles. The molecule has 0 saturated heterocycles. The average Bonchev–Trinajstić information content (AvgIpc) is 3.72. The van der Waals surface area contributed by atoms with E-state index in [2.05, 4.69) is 68.5 Å². The van der Waals surface area contributed by atoms with Crippen LogP contribution < -0.4 is 10.7 Å². The van der Waals surface area contributed by atoms with Crippen LogP contribution in [0.15, 0.2) is 78.9 Å². The van der Waals surface area contributed by atoms with Gasteiger partial charge in [-0.25, -0.2) is 4.98 Å². The number of aromatic amines is 1. The van der Waals surface area contributed by atoms with Gasteiger partial charge in [0.25, 0.3) is 0 Å². The van der Waals surface area contributed by atoms with Gasteiger partial charge < -0.3 is 14.8 Å². The molecule has 9 nitrogen and oxygen atoms in total. The van der Waals surface area contributed by atoms with E-state index in [1.807, 2.05) is 61.5 Å². The fourth-order valence-electron chi connectivity index (χ4n) is 5.76. The Hall–Kier alpha value is -5.57. The van der Waals surface area contributed by atoms with Crippen molar-refractivity contribution < 1.29 is 15.0 Å². The van der Waals surface area contributed by atoms with E-state index in [4.69, 9.17) is 4.98 Å². The number of unbranched alkanes of at least 4 members (excludes halogenated alkanes) is 1. The zero-order chi connectivity index (χ0) is 31.3. The number of phenols is 1. The van der Waals surface area contributed by atoms with Crippen LogP contribution in [0.25, 0.3) is 45.7 Å². The smallest absolute Gasteiger partial charge is 0.303 e. The molecule has 0 saturated carbocycles. The number of H-pyrrole nitrogens is 1. The number of tetrazole rings is 1. The molecule has 0 radical (unpaired) electrons. The topological polar surface area (TPSA) is 130 Å². The van der Waals surface area contributed by atoms with Crippen molar-refractivity contribution in [2.45, 2.75) is 46.1 Å². The molecular formula is C36H34N6O3. The summed E-state index contributed by atoms with van der Waals surface area (Å²) in [6.07, 6.45) is 6.09. The number of phenolic OH excluding ortho intramolecular Hbond substituents is 1. The van der Waals surface area contributed by atoms with Crippen LogP contribution >= 0.6 is 0 Å². The summed E-state index contributed by atoms with van der Waals surface area (Å²) < 4.78 is 2.05. The summed E-state index contributed by atoms with van der Waals surface area (Å²) in [7, 11) is 0. The zero-order valence-electron chi connectivity index (χ0n) is 25.2. The predicted molar refractivity (Wildman–Crippen MR) is 175 cm³/mol. The standard InChI is InChI=1S/C36H34N6O3/c1-3-4-14-31-37-33-30(21-24-10-6-5-7-11-24)23(2)27(19-20-32(43)44)35(45)34(33)42(31)22-25-15-17-26(18-16-25)28-12-8-9-13-29(28)36-38-40-41-39-36/h5-18,21,45H,3-4,19-20,22H2,1-2H3,(H,43,44)(H,38,39,40,41). The van der Waals surface area contributed by atoms with E-state index in [1.165, 1.54) is 0 Å². The van der Waals surface area contributed by atoms with Crippen LogP contribution in [-0.2, 0) is 17.8 Å². The summed E-state index contributed by atoms with van der Waals surface area (Å²) in [5.74, 6) is -0.291. The van der Waals surface area contributed by atoms with Crippen LogP contribution in [-0.4, -0.2) is 46.4 Å². The Morgan fingerprint density at radius 2 is 1.71 bits per heavy atom. The largest absolute Gasteiger partial charge is 0.505 e. The highest BCUT2D eigenvalue weighted by Crippen LogP contribution is 2.31. The summed E-state index contributed by atoms with van der Waals surface area (Å²) in [6.45, 7) is 4.53. The molecule has 0 aliphatic heterocycles. The van der Waals surface area contributed by atoms with Gasteiger partial charge in [0, 0.05) is 29.3 Å². The van der Waals surface area contributed by atoms with E-state index in [9.17, 15) is 15.0 Å². The van der Waals surface area contributed by atoms with Gasteiger partial charge >= 0.3 is 5.97 Å².